The quantitative estimate of drug-likeness (QED) is 0.787. The van der Waals surface area contributed by atoms with E-state index in [-0.39, 0.29) is 0 Å². The zero-order valence-corrected chi connectivity index (χ0v) is 13.8. The van der Waals surface area contributed by atoms with Crippen LogP contribution in [0.2, 0.25) is 0 Å². The molecule has 1 aliphatic heterocycles. The van der Waals surface area contributed by atoms with Crippen LogP contribution in [0, 0.1) is 0 Å². The Bertz CT molecular complexity index is 609. The van der Waals surface area contributed by atoms with Crippen molar-refractivity contribution in [3.8, 4) is 0 Å². The Morgan fingerprint density at radius 2 is 1.55 bits per heavy atom. The van der Waals surface area contributed by atoms with Crippen LogP contribution < -0.4 is 5.46 Å². The van der Waals surface area contributed by atoms with Crippen molar-refractivity contribution in [3.05, 3.63) is 24.3 Å². The second-order valence-corrected chi connectivity index (χ2v) is 8.96. The molecule has 6 heteroatoms. The van der Waals surface area contributed by atoms with Gasteiger partial charge in [0, 0.05) is 27.7 Å². The second-order valence-electron chi connectivity index (χ2n) is 6.42. The third kappa shape index (κ3) is 3.08. The van der Waals surface area contributed by atoms with Crippen molar-refractivity contribution in [1.29, 1.82) is 0 Å². The number of hydrogen-bond donors (Lipinski definition) is 0. The number of benzene rings is 1. The minimum Gasteiger partial charge on any atom is -0.399 e. The predicted octanol–water partition coefficient (Wildman–Crippen LogP) is 2.34. The highest BCUT2D eigenvalue weighted by atomic mass is 32.2. The smallest absolute Gasteiger partial charge is 0.399 e. The Balaban J connectivity index is 2.44. The first-order chi connectivity index (χ1) is 9.02. The molecule has 4 nitrogen and oxygen atoms in total. The summed E-state index contributed by atoms with van der Waals surface area (Å²) in [4.78, 5) is 0. The standard InChI is InChI=1S/C14H22BNO3S/c1-13(2)14(3,4)19-15(18-13)11-9-7-8-10-12(11)16-20(5,6)17/h7-10H,1-6H3. The van der Waals surface area contributed by atoms with E-state index < -0.39 is 28.0 Å². The third-order valence-electron chi connectivity index (χ3n) is 3.76. The molecule has 0 N–H and O–H groups in total. The highest BCUT2D eigenvalue weighted by Gasteiger charge is 2.52. The zero-order valence-electron chi connectivity index (χ0n) is 13.0. The normalized spacial score (nSPS) is 21.0. The van der Waals surface area contributed by atoms with Gasteiger partial charge in [-0.1, -0.05) is 18.2 Å². The van der Waals surface area contributed by atoms with Crippen molar-refractivity contribution in [2.75, 3.05) is 12.5 Å². The molecule has 2 rings (SSSR count). The lowest BCUT2D eigenvalue weighted by molar-refractivity contribution is 0.00578. The minimum atomic E-state index is -2.22. The molecule has 1 aromatic carbocycles. The van der Waals surface area contributed by atoms with Gasteiger partial charge >= 0.3 is 7.12 Å². The van der Waals surface area contributed by atoms with Crippen molar-refractivity contribution >= 4 is 28.0 Å². The van der Waals surface area contributed by atoms with Gasteiger partial charge in [-0.2, -0.15) is 0 Å². The van der Waals surface area contributed by atoms with Crippen LogP contribution in [0.5, 0.6) is 0 Å². The van der Waals surface area contributed by atoms with E-state index in [2.05, 4.69) is 4.36 Å². The van der Waals surface area contributed by atoms with Gasteiger partial charge in [0.1, 0.15) is 0 Å². The summed E-state index contributed by atoms with van der Waals surface area (Å²) < 4.78 is 28.3. The van der Waals surface area contributed by atoms with Crippen molar-refractivity contribution < 1.29 is 13.5 Å². The van der Waals surface area contributed by atoms with Crippen molar-refractivity contribution in [3.63, 3.8) is 0 Å². The molecule has 110 valence electrons. The molecule has 20 heavy (non-hydrogen) atoms. The van der Waals surface area contributed by atoms with Crippen LogP contribution >= 0.6 is 0 Å². The van der Waals surface area contributed by atoms with Crippen molar-refractivity contribution in [2.45, 2.75) is 38.9 Å². The van der Waals surface area contributed by atoms with E-state index >= 15 is 0 Å². The van der Waals surface area contributed by atoms with Gasteiger partial charge in [0.15, 0.2) is 0 Å². The SMILES string of the molecule is CC1(C)OB(c2ccccc2N=S(C)(C)=O)OC1(C)C. The van der Waals surface area contributed by atoms with Crippen LogP contribution in [0.25, 0.3) is 0 Å². The summed E-state index contributed by atoms with van der Waals surface area (Å²) in [5.41, 5.74) is 0.693. The Morgan fingerprint density at radius 1 is 1.05 bits per heavy atom. The molecule has 1 aliphatic rings. The summed E-state index contributed by atoms with van der Waals surface area (Å²) in [5.74, 6) is 0. The highest BCUT2D eigenvalue weighted by Crippen LogP contribution is 2.37. The maximum absolute atomic E-state index is 11.9. The molecule has 0 aromatic heterocycles. The molecule has 1 heterocycles. The molecular weight excluding hydrogens is 273 g/mol. The first-order valence-corrected chi connectivity index (χ1v) is 8.97. The number of hydrogen-bond acceptors (Lipinski definition) is 4. The fraction of sp³-hybridized carbons (Fsp3) is 0.571. The van der Waals surface area contributed by atoms with Gasteiger partial charge in [0.05, 0.1) is 16.9 Å². The molecule has 1 aromatic rings. The topological polar surface area (TPSA) is 47.9 Å². The Labute approximate surface area is 122 Å². The molecular formula is C14H22BNO3S. The summed E-state index contributed by atoms with van der Waals surface area (Å²) in [6, 6.07) is 7.53. The average Bonchev–Trinajstić information content (AvgIpc) is 2.46. The minimum absolute atomic E-state index is 0.398. The lowest BCUT2D eigenvalue weighted by Gasteiger charge is -2.32. The van der Waals surface area contributed by atoms with E-state index in [1.165, 1.54) is 0 Å². The summed E-state index contributed by atoms with van der Waals surface area (Å²) in [7, 11) is -2.71. The fourth-order valence-corrected chi connectivity index (χ4v) is 2.62. The Morgan fingerprint density at radius 3 is 2.05 bits per heavy atom. The fourth-order valence-electron chi connectivity index (χ4n) is 1.98. The van der Waals surface area contributed by atoms with E-state index in [0.29, 0.717) is 5.69 Å². The Hall–Kier alpha value is -0.845. The number of rotatable bonds is 2. The molecule has 0 saturated carbocycles. The van der Waals surface area contributed by atoms with E-state index in [4.69, 9.17) is 9.31 Å². The van der Waals surface area contributed by atoms with Crippen LogP contribution in [0.1, 0.15) is 27.7 Å². The van der Waals surface area contributed by atoms with E-state index in [1.807, 2.05) is 52.0 Å². The second kappa shape index (κ2) is 4.86. The number of nitrogens with zero attached hydrogens (tertiary/aromatic N) is 1. The molecule has 0 unspecified atom stereocenters. The molecule has 0 bridgehead atoms. The maximum atomic E-state index is 11.9. The third-order valence-corrected chi connectivity index (χ3v) is 4.40. The van der Waals surface area contributed by atoms with Gasteiger partial charge in [-0.25, -0.2) is 8.57 Å². The molecule has 0 radical (unpaired) electrons. The molecule has 0 aliphatic carbocycles. The van der Waals surface area contributed by atoms with Crippen LogP contribution in [-0.4, -0.2) is 35.0 Å². The average molecular weight is 295 g/mol. The van der Waals surface area contributed by atoms with E-state index in [0.717, 1.165) is 5.46 Å². The first-order valence-electron chi connectivity index (χ1n) is 6.64. The molecule has 1 saturated heterocycles. The summed E-state index contributed by atoms with van der Waals surface area (Å²) in [5, 5.41) is 0. The van der Waals surface area contributed by atoms with Gasteiger partial charge in [-0.05, 0) is 33.8 Å². The monoisotopic (exact) mass is 295 g/mol. The molecule has 0 atom stereocenters. The van der Waals surface area contributed by atoms with Crippen LogP contribution in [0.4, 0.5) is 5.69 Å². The van der Waals surface area contributed by atoms with Crippen LogP contribution in [0.15, 0.2) is 28.6 Å². The Kier molecular flexibility index (Phi) is 3.78. The summed E-state index contributed by atoms with van der Waals surface area (Å²) >= 11 is 0. The van der Waals surface area contributed by atoms with Gasteiger partial charge < -0.3 is 9.31 Å². The van der Waals surface area contributed by atoms with E-state index in [1.54, 1.807) is 12.5 Å². The van der Waals surface area contributed by atoms with Gasteiger partial charge in [0.25, 0.3) is 0 Å². The maximum Gasteiger partial charge on any atom is 0.497 e. The van der Waals surface area contributed by atoms with Gasteiger partial charge in [-0.15, -0.1) is 0 Å². The highest BCUT2D eigenvalue weighted by molar-refractivity contribution is 7.92. The van der Waals surface area contributed by atoms with Crippen LogP contribution in [-0.2, 0) is 19.0 Å². The lowest BCUT2D eigenvalue weighted by atomic mass is 9.78. The first kappa shape index (κ1) is 15.5. The van der Waals surface area contributed by atoms with Crippen LogP contribution in [0.3, 0.4) is 0 Å². The zero-order chi connectivity index (χ0) is 15.2. The molecule has 1 fully saturated rings. The summed E-state index contributed by atoms with van der Waals surface area (Å²) in [6.45, 7) is 8.04. The summed E-state index contributed by atoms with van der Waals surface area (Å²) in [6.07, 6.45) is 3.24. The molecule has 0 spiro atoms. The molecule has 0 amide bonds. The predicted molar refractivity (Wildman–Crippen MR) is 84.2 cm³/mol. The van der Waals surface area contributed by atoms with E-state index in [9.17, 15) is 4.21 Å². The van der Waals surface area contributed by atoms with Gasteiger partial charge in [0.2, 0.25) is 0 Å². The van der Waals surface area contributed by atoms with Crippen molar-refractivity contribution in [2.24, 2.45) is 4.36 Å². The largest absolute Gasteiger partial charge is 0.497 e. The van der Waals surface area contributed by atoms with Crippen molar-refractivity contribution in [1.82, 2.24) is 0 Å². The lowest BCUT2D eigenvalue weighted by Crippen LogP contribution is -2.41. The van der Waals surface area contributed by atoms with Gasteiger partial charge in [-0.3, -0.25) is 0 Å².